The molecular formula is C17H23NO2. The SMILES string of the molecule is CC(=O)c1ccc(C(=O)NC2CCCC(C)C2C)cc1. The van der Waals surface area contributed by atoms with Gasteiger partial charge in [-0.1, -0.05) is 38.8 Å². The van der Waals surface area contributed by atoms with Gasteiger partial charge in [-0.2, -0.15) is 0 Å². The van der Waals surface area contributed by atoms with Gasteiger partial charge in [-0.05, 0) is 37.3 Å². The Labute approximate surface area is 120 Å². The number of carbonyl (C=O) groups excluding carboxylic acids is 2. The van der Waals surface area contributed by atoms with Crippen LogP contribution in [0.15, 0.2) is 24.3 Å². The second kappa shape index (κ2) is 6.21. The summed E-state index contributed by atoms with van der Waals surface area (Å²) in [5, 5.41) is 3.14. The van der Waals surface area contributed by atoms with Crippen molar-refractivity contribution < 1.29 is 9.59 Å². The van der Waals surface area contributed by atoms with Crippen molar-refractivity contribution in [2.24, 2.45) is 11.8 Å². The number of hydrogen-bond donors (Lipinski definition) is 1. The predicted molar refractivity (Wildman–Crippen MR) is 79.9 cm³/mol. The zero-order valence-corrected chi connectivity index (χ0v) is 12.5. The van der Waals surface area contributed by atoms with Crippen LogP contribution in [0.1, 0.15) is 60.7 Å². The number of amides is 1. The fourth-order valence-corrected chi connectivity index (χ4v) is 2.89. The zero-order chi connectivity index (χ0) is 14.7. The molecule has 3 heteroatoms. The van der Waals surface area contributed by atoms with Crippen molar-refractivity contribution in [1.82, 2.24) is 5.32 Å². The highest BCUT2D eigenvalue weighted by molar-refractivity contribution is 5.97. The maximum atomic E-state index is 12.3. The summed E-state index contributed by atoms with van der Waals surface area (Å²) in [7, 11) is 0. The van der Waals surface area contributed by atoms with E-state index in [9.17, 15) is 9.59 Å². The molecule has 1 N–H and O–H groups in total. The van der Waals surface area contributed by atoms with E-state index in [2.05, 4.69) is 19.2 Å². The largest absolute Gasteiger partial charge is 0.349 e. The van der Waals surface area contributed by atoms with Gasteiger partial charge < -0.3 is 5.32 Å². The highest BCUT2D eigenvalue weighted by Crippen LogP contribution is 2.29. The van der Waals surface area contributed by atoms with Gasteiger partial charge >= 0.3 is 0 Å². The smallest absolute Gasteiger partial charge is 0.251 e. The molecule has 1 aliphatic carbocycles. The van der Waals surface area contributed by atoms with Crippen molar-refractivity contribution in [3.63, 3.8) is 0 Å². The monoisotopic (exact) mass is 273 g/mol. The summed E-state index contributed by atoms with van der Waals surface area (Å²) in [5.74, 6) is 1.16. The molecule has 2 rings (SSSR count). The van der Waals surface area contributed by atoms with Crippen LogP contribution in [0.3, 0.4) is 0 Å². The summed E-state index contributed by atoms with van der Waals surface area (Å²) < 4.78 is 0. The first-order chi connectivity index (χ1) is 9.49. The number of carbonyl (C=O) groups is 2. The Kier molecular flexibility index (Phi) is 4.58. The van der Waals surface area contributed by atoms with Crippen LogP contribution in [0.4, 0.5) is 0 Å². The molecule has 0 bridgehead atoms. The molecule has 108 valence electrons. The second-order valence-corrected chi connectivity index (χ2v) is 5.98. The van der Waals surface area contributed by atoms with Crippen LogP contribution in [0.5, 0.6) is 0 Å². The topological polar surface area (TPSA) is 46.2 Å². The molecule has 1 aliphatic rings. The van der Waals surface area contributed by atoms with E-state index in [0.717, 1.165) is 6.42 Å². The van der Waals surface area contributed by atoms with Crippen LogP contribution in [0.25, 0.3) is 0 Å². The molecule has 3 atom stereocenters. The molecule has 1 aromatic rings. The molecule has 0 radical (unpaired) electrons. The number of rotatable bonds is 3. The van der Waals surface area contributed by atoms with Crippen LogP contribution in [0.2, 0.25) is 0 Å². The Morgan fingerprint density at radius 2 is 1.65 bits per heavy atom. The van der Waals surface area contributed by atoms with Crippen LogP contribution in [-0.2, 0) is 0 Å². The van der Waals surface area contributed by atoms with Crippen molar-refractivity contribution in [3.8, 4) is 0 Å². The molecular weight excluding hydrogens is 250 g/mol. The lowest BCUT2D eigenvalue weighted by Gasteiger charge is -2.34. The third-order valence-corrected chi connectivity index (χ3v) is 4.58. The average molecular weight is 273 g/mol. The zero-order valence-electron chi connectivity index (χ0n) is 12.5. The lowest BCUT2D eigenvalue weighted by molar-refractivity contribution is 0.0890. The third kappa shape index (κ3) is 3.27. The number of hydrogen-bond acceptors (Lipinski definition) is 2. The third-order valence-electron chi connectivity index (χ3n) is 4.58. The fraction of sp³-hybridized carbons (Fsp3) is 0.529. The first-order valence-corrected chi connectivity index (χ1v) is 7.41. The van der Waals surface area contributed by atoms with Crippen LogP contribution >= 0.6 is 0 Å². The van der Waals surface area contributed by atoms with Gasteiger partial charge in [0.2, 0.25) is 0 Å². The van der Waals surface area contributed by atoms with E-state index in [0.29, 0.717) is 23.0 Å². The Morgan fingerprint density at radius 1 is 1.05 bits per heavy atom. The van der Waals surface area contributed by atoms with E-state index in [-0.39, 0.29) is 17.7 Å². The number of ketones is 1. The van der Waals surface area contributed by atoms with E-state index in [1.54, 1.807) is 24.3 Å². The molecule has 0 aromatic heterocycles. The quantitative estimate of drug-likeness (QED) is 0.857. The van der Waals surface area contributed by atoms with E-state index < -0.39 is 0 Å². The van der Waals surface area contributed by atoms with Crippen molar-refractivity contribution in [1.29, 1.82) is 0 Å². The predicted octanol–water partition coefficient (Wildman–Crippen LogP) is 3.44. The Bertz CT molecular complexity index is 492. The summed E-state index contributed by atoms with van der Waals surface area (Å²) in [6.45, 7) is 6.00. The lowest BCUT2D eigenvalue weighted by Crippen LogP contribution is -2.43. The average Bonchev–Trinajstić information content (AvgIpc) is 2.44. The summed E-state index contributed by atoms with van der Waals surface area (Å²) in [6, 6.07) is 7.14. The minimum absolute atomic E-state index is 0.0201. The Morgan fingerprint density at radius 3 is 2.25 bits per heavy atom. The van der Waals surface area contributed by atoms with Crippen molar-refractivity contribution in [3.05, 3.63) is 35.4 Å². The molecule has 0 aliphatic heterocycles. The van der Waals surface area contributed by atoms with Gasteiger partial charge in [0.05, 0.1) is 0 Å². The maximum Gasteiger partial charge on any atom is 0.251 e. The Balaban J connectivity index is 2.02. The summed E-state index contributed by atoms with van der Waals surface area (Å²) in [4.78, 5) is 23.5. The van der Waals surface area contributed by atoms with Crippen molar-refractivity contribution >= 4 is 11.7 Å². The van der Waals surface area contributed by atoms with Crippen molar-refractivity contribution in [2.75, 3.05) is 0 Å². The molecule has 1 amide bonds. The highest BCUT2D eigenvalue weighted by Gasteiger charge is 2.28. The lowest BCUT2D eigenvalue weighted by atomic mass is 9.78. The first-order valence-electron chi connectivity index (χ1n) is 7.41. The summed E-state index contributed by atoms with van der Waals surface area (Å²) in [5.41, 5.74) is 1.27. The molecule has 1 fully saturated rings. The van der Waals surface area contributed by atoms with Crippen LogP contribution in [0, 0.1) is 11.8 Å². The minimum Gasteiger partial charge on any atom is -0.349 e. The van der Waals surface area contributed by atoms with Gasteiger partial charge in [0.1, 0.15) is 0 Å². The van der Waals surface area contributed by atoms with Gasteiger partial charge in [0.25, 0.3) is 5.91 Å². The summed E-state index contributed by atoms with van der Waals surface area (Å²) in [6.07, 6.45) is 3.49. The standard InChI is InChI=1S/C17H23NO2/c1-11-5-4-6-16(12(11)2)18-17(20)15-9-7-14(8-10-15)13(3)19/h7-12,16H,4-6H2,1-3H3,(H,18,20). The highest BCUT2D eigenvalue weighted by atomic mass is 16.1. The number of benzene rings is 1. The van der Waals surface area contributed by atoms with E-state index in [4.69, 9.17) is 0 Å². The number of nitrogens with one attached hydrogen (secondary N) is 1. The van der Waals surface area contributed by atoms with E-state index >= 15 is 0 Å². The molecule has 3 nitrogen and oxygen atoms in total. The summed E-state index contributed by atoms with van der Waals surface area (Å²) >= 11 is 0. The van der Waals surface area contributed by atoms with Gasteiger partial charge in [-0.15, -0.1) is 0 Å². The van der Waals surface area contributed by atoms with Crippen LogP contribution in [-0.4, -0.2) is 17.7 Å². The van der Waals surface area contributed by atoms with Crippen molar-refractivity contribution in [2.45, 2.75) is 46.1 Å². The number of Topliss-reactive ketones (excluding diaryl/α,β-unsaturated/α-hetero) is 1. The fourth-order valence-electron chi connectivity index (χ4n) is 2.89. The molecule has 3 unspecified atom stereocenters. The molecule has 0 saturated heterocycles. The molecule has 1 saturated carbocycles. The van der Waals surface area contributed by atoms with Crippen LogP contribution < -0.4 is 5.32 Å². The van der Waals surface area contributed by atoms with Gasteiger partial charge in [0.15, 0.2) is 5.78 Å². The Hall–Kier alpha value is -1.64. The maximum absolute atomic E-state index is 12.3. The van der Waals surface area contributed by atoms with Gasteiger partial charge in [-0.25, -0.2) is 0 Å². The van der Waals surface area contributed by atoms with E-state index in [1.165, 1.54) is 19.8 Å². The normalized spacial score (nSPS) is 26.1. The molecule has 0 spiro atoms. The first kappa shape index (κ1) is 14.8. The molecule has 0 heterocycles. The molecule has 1 aromatic carbocycles. The second-order valence-electron chi connectivity index (χ2n) is 5.98. The van der Waals surface area contributed by atoms with Gasteiger partial charge in [0, 0.05) is 17.2 Å². The van der Waals surface area contributed by atoms with Gasteiger partial charge in [-0.3, -0.25) is 9.59 Å². The minimum atomic E-state index is -0.0361. The molecule has 20 heavy (non-hydrogen) atoms. The van der Waals surface area contributed by atoms with E-state index in [1.807, 2.05) is 0 Å².